The van der Waals surface area contributed by atoms with E-state index >= 15 is 0 Å². The molecule has 0 saturated heterocycles. The standard InChI is InChI=1S/C12H10F4N2O/c1-7-4-5-18(17-7)10-6-8(13)2-3-9(10)11(19)12(14,15)16/h2-6,11,19H,1H3/t11-/m1/s1. The van der Waals surface area contributed by atoms with Crippen LogP contribution in [0.4, 0.5) is 17.6 Å². The molecule has 1 aromatic heterocycles. The number of aromatic nitrogens is 2. The van der Waals surface area contributed by atoms with Gasteiger partial charge in [-0.15, -0.1) is 0 Å². The van der Waals surface area contributed by atoms with Crippen molar-refractivity contribution in [2.45, 2.75) is 19.2 Å². The highest BCUT2D eigenvalue weighted by molar-refractivity contribution is 5.43. The molecule has 2 rings (SSSR count). The topological polar surface area (TPSA) is 38.0 Å². The number of alkyl halides is 3. The summed E-state index contributed by atoms with van der Waals surface area (Å²) in [6.45, 7) is 1.65. The molecule has 0 spiro atoms. The van der Waals surface area contributed by atoms with Gasteiger partial charge in [0.25, 0.3) is 0 Å². The summed E-state index contributed by atoms with van der Waals surface area (Å²) in [5.41, 5.74) is -0.0216. The van der Waals surface area contributed by atoms with Crippen LogP contribution in [-0.2, 0) is 0 Å². The zero-order chi connectivity index (χ0) is 14.2. The fraction of sp³-hybridized carbons (Fsp3) is 0.250. The fourth-order valence-electron chi connectivity index (χ4n) is 1.67. The van der Waals surface area contributed by atoms with Crippen molar-refractivity contribution >= 4 is 0 Å². The first-order valence-corrected chi connectivity index (χ1v) is 5.36. The molecule has 7 heteroatoms. The molecular weight excluding hydrogens is 264 g/mol. The van der Waals surface area contributed by atoms with Gasteiger partial charge >= 0.3 is 6.18 Å². The van der Waals surface area contributed by atoms with Crippen molar-refractivity contribution in [2.75, 3.05) is 0 Å². The van der Waals surface area contributed by atoms with Crippen molar-refractivity contribution in [3.63, 3.8) is 0 Å². The zero-order valence-corrected chi connectivity index (χ0v) is 9.82. The molecule has 2 aromatic rings. The second-order valence-corrected chi connectivity index (χ2v) is 4.05. The van der Waals surface area contributed by atoms with E-state index in [0.29, 0.717) is 5.69 Å². The van der Waals surface area contributed by atoms with E-state index in [0.717, 1.165) is 22.9 Å². The lowest BCUT2D eigenvalue weighted by Crippen LogP contribution is -2.22. The number of benzene rings is 1. The lowest BCUT2D eigenvalue weighted by Gasteiger charge is -2.18. The van der Waals surface area contributed by atoms with Crippen LogP contribution in [0.1, 0.15) is 17.4 Å². The van der Waals surface area contributed by atoms with Gasteiger partial charge in [-0.2, -0.15) is 18.3 Å². The molecule has 3 nitrogen and oxygen atoms in total. The van der Waals surface area contributed by atoms with Gasteiger partial charge in [0.2, 0.25) is 0 Å². The van der Waals surface area contributed by atoms with Crippen LogP contribution in [0.3, 0.4) is 0 Å². The minimum atomic E-state index is -4.82. The van der Waals surface area contributed by atoms with E-state index in [-0.39, 0.29) is 5.69 Å². The molecule has 0 aliphatic heterocycles. The summed E-state index contributed by atoms with van der Waals surface area (Å²) in [6.07, 6.45) is -6.11. The van der Waals surface area contributed by atoms with Crippen molar-refractivity contribution in [1.82, 2.24) is 9.78 Å². The monoisotopic (exact) mass is 274 g/mol. The Kier molecular flexibility index (Phi) is 3.32. The summed E-state index contributed by atoms with van der Waals surface area (Å²) >= 11 is 0. The minimum absolute atomic E-state index is 0.141. The number of nitrogens with zero attached hydrogens (tertiary/aromatic N) is 2. The molecule has 19 heavy (non-hydrogen) atoms. The molecule has 1 heterocycles. The van der Waals surface area contributed by atoms with Crippen LogP contribution in [0.5, 0.6) is 0 Å². The Morgan fingerprint density at radius 2 is 1.95 bits per heavy atom. The van der Waals surface area contributed by atoms with Crippen LogP contribution in [-0.4, -0.2) is 21.1 Å². The molecule has 0 aliphatic carbocycles. The Bertz CT molecular complexity index is 592. The van der Waals surface area contributed by atoms with E-state index in [4.69, 9.17) is 0 Å². The molecule has 102 valence electrons. The summed E-state index contributed by atoms with van der Waals surface area (Å²) in [7, 11) is 0. The first kappa shape index (κ1) is 13.5. The predicted molar refractivity (Wildman–Crippen MR) is 59.3 cm³/mol. The molecule has 0 bridgehead atoms. The summed E-state index contributed by atoms with van der Waals surface area (Å²) in [6, 6.07) is 4.23. The number of aliphatic hydroxyl groups excluding tert-OH is 1. The van der Waals surface area contributed by atoms with Crippen molar-refractivity contribution in [1.29, 1.82) is 0 Å². The van der Waals surface area contributed by atoms with Crippen molar-refractivity contribution < 1.29 is 22.7 Å². The number of hydrogen-bond donors (Lipinski definition) is 1. The predicted octanol–water partition coefficient (Wildman–Crippen LogP) is 2.92. The van der Waals surface area contributed by atoms with Gasteiger partial charge in [-0.1, -0.05) is 6.07 Å². The van der Waals surface area contributed by atoms with E-state index in [1.165, 1.54) is 6.20 Å². The molecule has 1 atom stereocenters. The molecule has 0 amide bonds. The number of rotatable bonds is 2. The van der Waals surface area contributed by atoms with E-state index in [2.05, 4.69) is 5.10 Å². The summed E-state index contributed by atoms with van der Waals surface area (Å²) in [4.78, 5) is 0. The van der Waals surface area contributed by atoms with Crippen LogP contribution in [0.2, 0.25) is 0 Å². The number of halogens is 4. The summed E-state index contributed by atoms with van der Waals surface area (Å²) in [5, 5.41) is 13.2. The average Bonchev–Trinajstić information content (AvgIpc) is 2.73. The van der Waals surface area contributed by atoms with Gasteiger partial charge in [-0.05, 0) is 25.1 Å². The van der Waals surface area contributed by atoms with Crippen LogP contribution < -0.4 is 0 Å². The van der Waals surface area contributed by atoms with Crippen molar-refractivity contribution in [2.24, 2.45) is 0 Å². The van der Waals surface area contributed by atoms with Crippen LogP contribution in [0, 0.1) is 12.7 Å². The smallest absolute Gasteiger partial charge is 0.379 e. The summed E-state index contributed by atoms with van der Waals surface area (Å²) in [5.74, 6) is -0.707. The first-order chi connectivity index (χ1) is 8.79. The maximum atomic E-state index is 13.2. The highest BCUT2D eigenvalue weighted by Crippen LogP contribution is 2.35. The normalized spacial score (nSPS) is 13.6. The zero-order valence-electron chi connectivity index (χ0n) is 9.82. The molecular formula is C12H10F4N2O. The molecule has 0 saturated carbocycles. The third-order valence-corrected chi connectivity index (χ3v) is 2.57. The van der Waals surface area contributed by atoms with Gasteiger partial charge in [-0.3, -0.25) is 0 Å². The molecule has 1 N–H and O–H groups in total. The van der Waals surface area contributed by atoms with E-state index < -0.39 is 23.7 Å². The first-order valence-electron chi connectivity index (χ1n) is 5.36. The number of aliphatic hydroxyl groups is 1. The Morgan fingerprint density at radius 3 is 2.47 bits per heavy atom. The molecule has 0 fully saturated rings. The molecule has 1 aromatic carbocycles. The van der Waals surface area contributed by atoms with Gasteiger partial charge in [0, 0.05) is 11.8 Å². The quantitative estimate of drug-likeness (QED) is 0.855. The fourth-order valence-corrected chi connectivity index (χ4v) is 1.67. The Hall–Kier alpha value is -1.89. The Labute approximate surface area is 106 Å². The van der Waals surface area contributed by atoms with Crippen LogP contribution in [0.15, 0.2) is 30.5 Å². The SMILES string of the molecule is Cc1ccn(-c2cc(F)ccc2[C@@H](O)C(F)(F)F)n1. The molecule has 0 aliphatic rings. The van der Waals surface area contributed by atoms with Crippen molar-refractivity contribution in [3.05, 3.63) is 47.5 Å². The number of aryl methyl sites for hydroxylation is 1. The Morgan fingerprint density at radius 1 is 1.26 bits per heavy atom. The lowest BCUT2D eigenvalue weighted by molar-refractivity contribution is -0.206. The maximum Gasteiger partial charge on any atom is 0.418 e. The van der Waals surface area contributed by atoms with Crippen LogP contribution >= 0.6 is 0 Å². The van der Waals surface area contributed by atoms with Gasteiger partial charge in [0.15, 0.2) is 6.10 Å². The number of hydrogen-bond acceptors (Lipinski definition) is 2. The Balaban J connectivity index is 2.56. The van der Waals surface area contributed by atoms with Gasteiger partial charge in [0.1, 0.15) is 5.82 Å². The van der Waals surface area contributed by atoms with Gasteiger partial charge in [0.05, 0.1) is 11.4 Å². The van der Waals surface area contributed by atoms with E-state index in [1.54, 1.807) is 13.0 Å². The average molecular weight is 274 g/mol. The summed E-state index contributed by atoms with van der Waals surface area (Å²) < 4.78 is 52.0. The van der Waals surface area contributed by atoms with E-state index in [9.17, 15) is 22.7 Å². The minimum Gasteiger partial charge on any atom is -0.379 e. The maximum absolute atomic E-state index is 13.2. The second kappa shape index (κ2) is 4.65. The van der Waals surface area contributed by atoms with Gasteiger partial charge in [-0.25, -0.2) is 9.07 Å². The molecule has 0 unspecified atom stereocenters. The highest BCUT2D eigenvalue weighted by atomic mass is 19.4. The second-order valence-electron chi connectivity index (χ2n) is 4.05. The lowest BCUT2D eigenvalue weighted by atomic mass is 10.1. The van der Waals surface area contributed by atoms with Crippen molar-refractivity contribution in [3.8, 4) is 5.69 Å². The van der Waals surface area contributed by atoms with Crippen LogP contribution in [0.25, 0.3) is 5.69 Å². The van der Waals surface area contributed by atoms with E-state index in [1.807, 2.05) is 0 Å². The molecule has 0 radical (unpaired) electrons. The van der Waals surface area contributed by atoms with Gasteiger partial charge < -0.3 is 5.11 Å². The third-order valence-electron chi connectivity index (χ3n) is 2.57. The largest absolute Gasteiger partial charge is 0.418 e. The third kappa shape index (κ3) is 2.76. The highest BCUT2D eigenvalue weighted by Gasteiger charge is 2.40.